The summed E-state index contributed by atoms with van der Waals surface area (Å²) in [5, 5.41) is 0. The van der Waals surface area contributed by atoms with Gasteiger partial charge in [-0.15, -0.1) is 0 Å². The zero-order valence-corrected chi connectivity index (χ0v) is 8.40. The molecule has 0 N–H and O–H groups in total. The highest BCUT2D eigenvalue weighted by atomic mass is 32.2. The molecule has 0 amide bonds. The zero-order chi connectivity index (χ0) is 8.85. The molecule has 0 bridgehead atoms. The van der Waals surface area contributed by atoms with Crippen LogP contribution in [0.25, 0.3) is 0 Å². The molecule has 0 aromatic carbocycles. The molecule has 3 heteroatoms. The van der Waals surface area contributed by atoms with Crippen molar-refractivity contribution >= 4 is 17.8 Å². The van der Waals surface area contributed by atoms with Crippen LogP contribution in [0.4, 0.5) is 0 Å². The standard InChI is InChI=1S/C8H16O2S/c1-6(2)8(9)5-11-10-7(3)4/h6-7H,5H2,1-4H3. The van der Waals surface area contributed by atoms with Crippen LogP contribution >= 0.6 is 12.0 Å². The first-order valence-corrected chi connectivity index (χ1v) is 4.76. The number of rotatable bonds is 5. The molecule has 0 fully saturated rings. The van der Waals surface area contributed by atoms with Crippen LogP contribution in [-0.4, -0.2) is 17.6 Å². The van der Waals surface area contributed by atoms with Gasteiger partial charge in [-0.2, -0.15) is 0 Å². The molecule has 0 aliphatic rings. The van der Waals surface area contributed by atoms with E-state index in [1.807, 2.05) is 27.7 Å². The summed E-state index contributed by atoms with van der Waals surface area (Å²) in [4.78, 5) is 11.0. The number of carbonyl (C=O) groups excluding carboxylic acids is 1. The predicted octanol–water partition coefficient (Wildman–Crippen LogP) is 2.28. The smallest absolute Gasteiger partial charge is 0.147 e. The van der Waals surface area contributed by atoms with Gasteiger partial charge in [0.25, 0.3) is 0 Å². The Kier molecular flexibility index (Phi) is 5.60. The molecule has 0 saturated carbocycles. The molecule has 0 aliphatic heterocycles. The van der Waals surface area contributed by atoms with E-state index in [4.69, 9.17) is 4.18 Å². The minimum absolute atomic E-state index is 0.123. The Morgan fingerprint density at radius 1 is 1.36 bits per heavy atom. The Balaban J connectivity index is 3.32. The van der Waals surface area contributed by atoms with Gasteiger partial charge in [0, 0.05) is 5.92 Å². The Bertz CT molecular complexity index is 121. The van der Waals surface area contributed by atoms with Crippen LogP contribution in [0.15, 0.2) is 0 Å². The Hall–Kier alpha value is -0.0200. The highest BCUT2D eigenvalue weighted by molar-refractivity contribution is 7.95. The van der Waals surface area contributed by atoms with E-state index in [9.17, 15) is 4.79 Å². The number of carbonyl (C=O) groups is 1. The van der Waals surface area contributed by atoms with Gasteiger partial charge in [0.05, 0.1) is 11.9 Å². The quantitative estimate of drug-likeness (QED) is 0.601. The van der Waals surface area contributed by atoms with Gasteiger partial charge < -0.3 is 4.18 Å². The third-order valence-corrected chi connectivity index (χ3v) is 2.03. The lowest BCUT2D eigenvalue weighted by atomic mass is 10.1. The maximum absolute atomic E-state index is 11.0. The zero-order valence-electron chi connectivity index (χ0n) is 7.59. The van der Waals surface area contributed by atoms with Crippen LogP contribution in [0.2, 0.25) is 0 Å². The number of Topliss-reactive ketones (excluding diaryl/α,β-unsaturated/α-hetero) is 1. The summed E-state index contributed by atoms with van der Waals surface area (Å²) in [5.74, 6) is 0.837. The molecule has 0 unspecified atom stereocenters. The molecule has 2 nitrogen and oxygen atoms in total. The second-order valence-electron chi connectivity index (χ2n) is 3.03. The number of hydrogen-bond acceptors (Lipinski definition) is 3. The van der Waals surface area contributed by atoms with Gasteiger partial charge in [-0.25, -0.2) is 0 Å². The fourth-order valence-corrected chi connectivity index (χ4v) is 1.18. The normalized spacial score (nSPS) is 11.1. The molecule has 0 heterocycles. The second-order valence-corrected chi connectivity index (χ2v) is 3.75. The van der Waals surface area contributed by atoms with Gasteiger partial charge in [-0.3, -0.25) is 4.79 Å². The largest absolute Gasteiger partial charge is 0.312 e. The summed E-state index contributed by atoms with van der Waals surface area (Å²) >= 11 is 1.25. The second kappa shape index (κ2) is 5.61. The summed E-state index contributed by atoms with van der Waals surface area (Å²) in [7, 11) is 0. The molecule has 0 rings (SSSR count). The van der Waals surface area contributed by atoms with Gasteiger partial charge in [0.1, 0.15) is 5.78 Å². The van der Waals surface area contributed by atoms with Crippen LogP contribution in [-0.2, 0) is 8.98 Å². The first kappa shape index (κ1) is 11.0. The average molecular weight is 176 g/mol. The molecular formula is C8H16O2S. The van der Waals surface area contributed by atoms with Crippen molar-refractivity contribution in [3.05, 3.63) is 0 Å². The predicted molar refractivity (Wildman–Crippen MR) is 48.5 cm³/mol. The van der Waals surface area contributed by atoms with Crippen molar-refractivity contribution in [3.63, 3.8) is 0 Å². The van der Waals surface area contributed by atoms with E-state index in [0.29, 0.717) is 5.75 Å². The summed E-state index contributed by atoms with van der Waals surface area (Å²) in [6.07, 6.45) is 0.194. The van der Waals surface area contributed by atoms with Crippen LogP contribution in [0.3, 0.4) is 0 Å². The van der Waals surface area contributed by atoms with Gasteiger partial charge in [-0.1, -0.05) is 13.8 Å². The molecule has 0 radical (unpaired) electrons. The molecule has 0 spiro atoms. The van der Waals surface area contributed by atoms with Crippen LogP contribution in [0.5, 0.6) is 0 Å². The molecule has 0 aliphatic carbocycles. The monoisotopic (exact) mass is 176 g/mol. The molecular weight excluding hydrogens is 160 g/mol. The van der Waals surface area contributed by atoms with Crippen molar-refractivity contribution < 1.29 is 8.98 Å². The molecule has 66 valence electrons. The van der Waals surface area contributed by atoms with Crippen molar-refractivity contribution in [1.29, 1.82) is 0 Å². The van der Waals surface area contributed by atoms with Crippen molar-refractivity contribution in [2.45, 2.75) is 33.8 Å². The lowest BCUT2D eigenvalue weighted by Crippen LogP contribution is -2.10. The SMILES string of the molecule is CC(C)OSCC(=O)C(C)C. The van der Waals surface area contributed by atoms with E-state index in [-0.39, 0.29) is 17.8 Å². The molecule has 11 heavy (non-hydrogen) atoms. The minimum atomic E-state index is 0.123. The highest BCUT2D eigenvalue weighted by Crippen LogP contribution is 2.09. The van der Waals surface area contributed by atoms with Crippen LogP contribution in [0, 0.1) is 5.92 Å². The van der Waals surface area contributed by atoms with Crippen molar-refractivity contribution in [2.24, 2.45) is 5.92 Å². The first-order valence-electron chi connectivity index (χ1n) is 3.85. The van der Waals surface area contributed by atoms with Gasteiger partial charge in [0.2, 0.25) is 0 Å². The van der Waals surface area contributed by atoms with E-state index in [1.165, 1.54) is 12.0 Å². The van der Waals surface area contributed by atoms with E-state index in [2.05, 4.69) is 0 Å². The Morgan fingerprint density at radius 2 is 1.91 bits per heavy atom. The fraction of sp³-hybridized carbons (Fsp3) is 0.875. The summed E-state index contributed by atoms with van der Waals surface area (Å²) in [6.45, 7) is 7.70. The number of ketones is 1. The Morgan fingerprint density at radius 3 is 2.27 bits per heavy atom. The summed E-state index contributed by atoms with van der Waals surface area (Å²) in [6, 6.07) is 0. The maximum atomic E-state index is 11.0. The third kappa shape index (κ3) is 6.38. The van der Waals surface area contributed by atoms with Gasteiger partial charge >= 0.3 is 0 Å². The van der Waals surface area contributed by atoms with Crippen molar-refractivity contribution in [3.8, 4) is 0 Å². The Labute approximate surface area is 72.9 Å². The highest BCUT2D eigenvalue weighted by Gasteiger charge is 2.07. The molecule has 0 aromatic heterocycles. The number of hydrogen-bond donors (Lipinski definition) is 0. The molecule has 0 atom stereocenters. The van der Waals surface area contributed by atoms with E-state index >= 15 is 0 Å². The van der Waals surface area contributed by atoms with Gasteiger partial charge in [0.15, 0.2) is 0 Å². The fourth-order valence-electron chi connectivity index (χ4n) is 0.395. The third-order valence-electron chi connectivity index (χ3n) is 1.11. The lowest BCUT2D eigenvalue weighted by Gasteiger charge is -2.06. The van der Waals surface area contributed by atoms with E-state index in [0.717, 1.165) is 0 Å². The molecule has 0 saturated heterocycles. The van der Waals surface area contributed by atoms with Crippen molar-refractivity contribution in [1.82, 2.24) is 0 Å². The van der Waals surface area contributed by atoms with E-state index in [1.54, 1.807) is 0 Å². The summed E-state index contributed by atoms with van der Waals surface area (Å²) < 4.78 is 5.16. The summed E-state index contributed by atoms with van der Waals surface area (Å²) in [5.41, 5.74) is 0. The van der Waals surface area contributed by atoms with Crippen molar-refractivity contribution in [2.75, 3.05) is 5.75 Å². The van der Waals surface area contributed by atoms with E-state index < -0.39 is 0 Å². The lowest BCUT2D eigenvalue weighted by molar-refractivity contribution is -0.119. The van der Waals surface area contributed by atoms with Crippen LogP contribution < -0.4 is 0 Å². The average Bonchev–Trinajstić information content (AvgIpc) is 1.86. The first-order chi connectivity index (χ1) is 5.04. The maximum Gasteiger partial charge on any atom is 0.147 e. The van der Waals surface area contributed by atoms with Crippen LogP contribution in [0.1, 0.15) is 27.7 Å². The topological polar surface area (TPSA) is 26.3 Å². The van der Waals surface area contributed by atoms with Gasteiger partial charge in [-0.05, 0) is 25.9 Å². The minimum Gasteiger partial charge on any atom is -0.312 e. The molecule has 0 aromatic rings.